The summed E-state index contributed by atoms with van der Waals surface area (Å²) in [5.74, 6) is 1.84. The number of aromatic nitrogens is 2. The monoisotopic (exact) mass is 533 g/mol. The summed E-state index contributed by atoms with van der Waals surface area (Å²) < 4.78 is 7.69. The minimum atomic E-state index is -0.277. The van der Waals surface area contributed by atoms with Crippen molar-refractivity contribution >= 4 is 47.5 Å². The minimum Gasteiger partial charge on any atom is -0.492 e. The number of nitrogens with one attached hydrogen (secondary N) is 3. The van der Waals surface area contributed by atoms with E-state index in [2.05, 4.69) is 32.8 Å². The molecule has 0 aromatic carbocycles. The fraction of sp³-hybridized carbons (Fsp3) is 0.417. The van der Waals surface area contributed by atoms with Crippen LogP contribution >= 0.6 is 23.4 Å². The number of carbonyl (C=O) groups is 2. The molecule has 0 radical (unpaired) electrons. The third-order valence-electron chi connectivity index (χ3n) is 5.50. The molecule has 0 bridgehead atoms. The van der Waals surface area contributed by atoms with Gasteiger partial charge in [-0.15, -0.1) is 11.8 Å². The van der Waals surface area contributed by atoms with Crippen molar-refractivity contribution in [1.29, 1.82) is 0 Å². The topological polar surface area (TPSA) is 113 Å². The summed E-state index contributed by atoms with van der Waals surface area (Å²) >= 11 is 7.72. The maximum atomic E-state index is 12.1. The van der Waals surface area contributed by atoms with Crippen molar-refractivity contribution in [2.24, 2.45) is 10.9 Å². The van der Waals surface area contributed by atoms with Crippen LogP contribution in [0.2, 0.25) is 0 Å². The van der Waals surface area contributed by atoms with E-state index < -0.39 is 0 Å². The van der Waals surface area contributed by atoms with Crippen LogP contribution < -0.4 is 16.1 Å². The minimum absolute atomic E-state index is 0.0898. The van der Waals surface area contributed by atoms with Gasteiger partial charge in [-0.25, -0.2) is 9.98 Å². The molecule has 1 aromatic rings. The molecule has 3 N–H and O–H groups in total. The Kier molecular flexibility index (Phi) is 10.2. The highest BCUT2D eigenvalue weighted by atomic mass is 35.5. The molecule has 0 saturated heterocycles. The first-order valence-corrected chi connectivity index (χ1v) is 13.0. The van der Waals surface area contributed by atoms with Crippen LogP contribution in [0.15, 0.2) is 57.8 Å². The Hall–Kier alpha value is -3.02. The van der Waals surface area contributed by atoms with Crippen molar-refractivity contribution in [3.63, 3.8) is 0 Å². The van der Waals surface area contributed by atoms with Crippen LogP contribution in [-0.4, -0.2) is 59.2 Å². The van der Waals surface area contributed by atoms with E-state index in [1.165, 1.54) is 24.2 Å². The molecule has 2 amide bonds. The van der Waals surface area contributed by atoms with Gasteiger partial charge in [0.05, 0.1) is 35.5 Å². The van der Waals surface area contributed by atoms with Gasteiger partial charge < -0.3 is 25.4 Å². The number of carbonyl (C=O) groups excluding carboxylic acids is 2. The number of imidazole rings is 1. The van der Waals surface area contributed by atoms with Crippen LogP contribution in [0, 0.1) is 5.92 Å². The Balaban J connectivity index is 1.74. The third kappa shape index (κ3) is 7.25. The van der Waals surface area contributed by atoms with Gasteiger partial charge >= 0.3 is 0 Å². The van der Waals surface area contributed by atoms with E-state index in [9.17, 15) is 9.59 Å². The molecule has 12 heteroatoms. The second-order valence-corrected chi connectivity index (χ2v) is 9.41. The lowest BCUT2D eigenvalue weighted by molar-refractivity contribution is -0.122. The summed E-state index contributed by atoms with van der Waals surface area (Å²) in [7, 11) is 1.90. The SMILES string of the molecule is C=NC1=C(SCNC(=O)C2CC2)C(n2cncc2C(/C=C\C(=C/C)OCCNC(C)=O)=C\Cl)N(C)N1. The molecule has 1 aromatic heterocycles. The number of amides is 2. The average molecular weight is 534 g/mol. The zero-order chi connectivity index (χ0) is 26.1. The molecule has 1 aliphatic heterocycles. The van der Waals surface area contributed by atoms with Crippen LogP contribution in [0.5, 0.6) is 0 Å². The highest BCUT2D eigenvalue weighted by Gasteiger charge is 2.34. The molecule has 1 saturated carbocycles. The highest BCUT2D eigenvalue weighted by molar-refractivity contribution is 8.03. The van der Waals surface area contributed by atoms with E-state index in [1.54, 1.807) is 12.5 Å². The van der Waals surface area contributed by atoms with Gasteiger partial charge in [-0.05, 0) is 44.7 Å². The predicted molar refractivity (Wildman–Crippen MR) is 143 cm³/mol. The maximum absolute atomic E-state index is 12.1. The molecular weight excluding hydrogens is 502 g/mol. The molecule has 1 fully saturated rings. The molecule has 194 valence electrons. The highest BCUT2D eigenvalue weighted by Crippen LogP contribution is 2.39. The Bertz CT molecular complexity index is 1090. The lowest BCUT2D eigenvalue weighted by Gasteiger charge is -2.25. The summed E-state index contributed by atoms with van der Waals surface area (Å²) in [6.45, 7) is 7.78. The average Bonchev–Trinajstić information content (AvgIpc) is 3.53. The summed E-state index contributed by atoms with van der Waals surface area (Å²) in [5, 5.41) is 7.58. The summed E-state index contributed by atoms with van der Waals surface area (Å²) in [4.78, 5) is 32.5. The van der Waals surface area contributed by atoms with E-state index in [1.807, 2.05) is 41.8 Å². The first-order valence-electron chi connectivity index (χ1n) is 11.5. The number of nitrogens with zero attached hydrogens (tertiary/aromatic N) is 4. The number of rotatable bonds is 13. The van der Waals surface area contributed by atoms with Crippen LogP contribution in [0.25, 0.3) is 5.57 Å². The number of hydrazine groups is 1. The Morgan fingerprint density at radius 1 is 1.39 bits per heavy atom. The molecule has 10 nitrogen and oxygen atoms in total. The fourth-order valence-corrected chi connectivity index (χ4v) is 4.74. The zero-order valence-electron chi connectivity index (χ0n) is 20.7. The molecule has 3 rings (SSSR count). The van der Waals surface area contributed by atoms with Gasteiger partial charge in [0.15, 0.2) is 5.82 Å². The number of likely N-dealkylation sites (N-methyl/N-ethyl adjacent to an activating group) is 1. The number of halogens is 1. The predicted octanol–water partition coefficient (Wildman–Crippen LogP) is 3.11. The first-order chi connectivity index (χ1) is 17.4. The number of hydrogen-bond donors (Lipinski definition) is 3. The Morgan fingerprint density at radius 2 is 2.17 bits per heavy atom. The number of aliphatic imine (C=N–C) groups is 1. The van der Waals surface area contributed by atoms with E-state index in [0.29, 0.717) is 30.6 Å². The largest absolute Gasteiger partial charge is 0.492 e. The van der Waals surface area contributed by atoms with Gasteiger partial charge in [0.2, 0.25) is 11.8 Å². The molecular formula is C24H32ClN7O3S. The number of hydrogen-bond acceptors (Lipinski definition) is 8. The lowest BCUT2D eigenvalue weighted by Crippen LogP contribution is -2.33. The van der Waals surface area contributed by atoms with Crippen molar-refractivity contribution in [3.05, 3.63) is 58.5 Å². The van der Waals surface area contributed by atoms with Gasteiger partial charge in [-0.1, -0.05) is 11.6 Å². The van der Waals surface area contributed by atoms with Gasteiger partial charge in [0.25, 0.3) is 0 Å². The molecule has 2 heterocycles. The van der Waals surface area contributed by atoms with Gasteiger partial charge in [0, 0.05) is 31.0 Å². The number of ether oxygens (including phenoxy) is 1. The Morgan fingerprint density at radius 3 is 2.81 bits per heavy atom. The van der Waals surface area contributed by atoms with Crippen LogP contribution in [0.3, 0.4) is 0 Å². The molecule has 2 aliphatic rings. The molecule has 1 aliphatic carbocycles. The molecule has 1 unspecified atom stereocenters. The zero-order valence-corrected chi connectivity index (χ0v) is 22.2. The van der Waals surface area contributed by atoms with Gasteiger partial charge in [0.1, 0.15) is 18.5 Å². The standard InChI is InChI=1S/C24H32ClN7O3S/c1-5-19(35-11-10-28-16(2)33)9-8-18(12-25)20-13-27-14-32(20)24-21(22(26-3)30-31(24)4)36-15-29-23(34)17-6-7-17/h5,8-9,12-14,17,24,30H,3,6-7,10-11,15H2,1-2,4H3,(H,28,33)(H,29,34)/b9-8-,18-12-,19-5+. The quantitative estimate of drug-likeness (QED) is 0.117. The van der Waals surface area contributed by atoms with Crippen molar-refractivity contribution in [2.45, 2.75) is 32.9 Å². The summed E-state index contributed by atoms with van der Waals surface area (Å²) in [6.07, 6.45) is 10.6. The normalized spacial score (nSPS) is 18.9. The van der Waals surface area contributed by atoms with Crippen molar-refractivity contribution < 1.29 is 14.3 Å². The van der Waals surface area contributed by atoms with Gasteiger partial charge in [-0.3, -0.25) is 9.59 Å². The fourth-order valence-electron chi connectivity index (χ4n) is 3.52. The smallest absolute Gasteiger partial charge is 0.223 e. The molecule has 1 atom stereocenters. The second kappa shape index (κ2) is 13.3. The number of allylic oxidation sites excluding steroid dienone is 4. The van der Waals surface area contributed by atoms with Crippen molar-refractivity contribution in [1.82, 2.24) is 30.6 Å². The maximum Gasteiger partial charge on any atom is 0.223 e. The van der Waals surface area contributed by atoms with Crippen molar-refractivity contribution in [2.75, 3.05) is 26.1 Å². The summed E-state index contributed by atoms with van der Waals surface area (Å²) in [5.41, 5.74) is 6.20. The lowest BCUT2D eigenvalue weighted by atomic mass is 10.2. The van der Waals surface area contributed by atoms with Crippen molar-refractivity contribution in [3.8, 4) is 0 Å². The third-order valence-corrected chi connectivity index (χ3v) is 6.74. The molecule has 0 spiro atoms. The van der Waals surface area contributed by atoms with Crippen LogP contribution in [0.1, 0.15) is 38.5 Å². The Labute approximate surface area is 220 Å². The van der Waals surface area contributed by atoms with E-state index in [-0.39, 0.29) is 23.9 Å². The first kappa shape index (κ1) is 27.6. The van der Waals surface area contributed by atoms with E-state index in [4.69, 9.17) is 16.3 Å². The van der Waals surface area contributed by atoms with Crippen LogP contribution in [-0.2, 0) is 14.3 Å². The van der Waals surface area contributed by atoms with Crippen LogP contribution in [0.4, 0.5) is 0 Å². The second-order valence-electron chi connectivity index (χ2n) is 8.18. The molecule has 36 heavy (non-hydrogen) atoms. The van der Waals surface area contributed by atoms with E-state index >= 15 is 0 Å². The summed E-state index contributed by atoms with van der Waals surface area (Å²) in [6, 6.07) is 0. The van der Waals surface area contributed by atoms with Gasteiger partial charge in [-0.2, -0.15) is 5.01 Å². The number of thioether (sulfide) groups is 1. The van der Waals surface area contributed by atoms with E-state index in [0.717, 1.165) is 29.0 Å².